The zero-order valence-electron chi connectivity index (χ0n) is 32.7. The summed E-state index contributed by atoms with van der Waals surface area (Å²) in [6, 6.07) is 10.4. The van der Waals surface area contributed by atoms with Crippen molar-refractivity contribution in [2.24, 2.45) is 0 Å². The molecule has 59 heavy (non-hydrogen) atoms. The van der Waals surface area contributed by atoms with E-state index in [1.807, 2.05) is 45.9 Å². The van der Waals surface area contributed by atoms with Crippen molar-refractivity contribution in [3.8, 4) is 22.8 Å². The average Bonchev–Trinajstić information content (AvgIpc) is 3.72. The molecule has 18 heteroatoms. The van der Waals surface area contributed by atoms with Gasteiger partial charge in [0.2, 0.25) is 17.8 Å². The lowest BCUT2D eigenvalue weighted by atomic mass is 9.87. The first-order valence-electron chi connectivity index (χ1n) is 20.1. The maximum Gasteiger partial charge on any atom is 0.245 e. The molecule has 10 heterocycles. The van der Waals surface area contributed by atoms with Crippen LogP contribution in [0.2, 0.25) is 0 Å². The number of aromatic nitrogens is 8. The van der Waals surface area contributed by atoms with Crippen LogP contribution in [0.15, 0.2) is 54.9 Å². The molecule has 6 aromatic rings. The third-order valence-electron chi connectivity index (χ3n) is 12.6. The Kier molecular flexibility index (Phi) is 8.05. The van der Waals surface area contributed by atoms with Crippen molar-refractivity contribution in [2.45, 2.75) is 75.5 Å². The number of amides is 2. The lowest BCUT2D eigenvalue weighted by Crippen LogP contribution is -2.72. The molecule has 2 N–H and O–H groups in total. The number of methoxy groups -OCH3 is 1. The van der Waals surface area contributed by atoms with Crippen LogP contribution in [0.25, 0.3) is 39.1 Å². The third-order valence-corrected chi connectivity index (χ3v) is 12.6. The van der Waals surface area contributed by atoms with E-state index in [9.17, 15) is 19.1 Å². The fourth-order valence-electron chi connectivity index (χ4n) is 9.51. The molecular formula is C41H42FN13O4. The summed E-state index contributed by atoms with van der Waals surface area (Å²) >= 11 is 0. The predicted molar refractivity (Wildman–Crippen MR) is 215 cm³/mol. The molecule has 6 aliphatic rings. The number of phenols is 1. The lowest BCUT2D eigenvalue weighted by molar-refractivity contribution is -0.140. The van der Waals surface area contributed by atoms with Crippen molar-refractivity contribution in [3.63, 3.8) is 0 Å². The van der Waals surface area contributed by atoms with E-state index in [1.165, 1.54) is 16.8 Å². The number of imidazole rings is 1. The van der Waals surface area contributed by atoms with Gasteiger partial charge in [-0.25, -0.2) is 19.0 Å². The van der Waals surface area contributed by atoms with Crippen LogP contribution in [0.4, 0.5) is 22.0 Å². The van der Waals surface area contributed by atoms with Gasteiger partial charge in [-0.15, -0.1) is 0 Å². The summed E-state index contributed by atoms with van der Waals surface area (Å²) in [6.45, 7) is 3.62. The van der Waals surface area contributed by atoms with Gasteiger partial charge in [0.05, 0.1) is 47.0 Å². The number of pyridine rings is 2. The maximum absolute atomic E-state index is 14.9. The Balaban J connectivity index is 1.03. The number of carbonyl (C=O) groups is 2. The number of anilines is 3. The van der Waals surface area contributed by atoms with E-state index in [2.05, 4.69) is 15.0 Å². The largest absolute Gasteiger partial charge is 0.506 e. The maximum atomic E-state index is 14.9. The Labute approximate surface area is 337 Å². The highest BCUT2D eigenvalue weighted by molar-refractivity contribution is 5.95. The number of rotatable bonds is 5. The second-order valence-electron chi connectivity index (χ2n) is 16.3. The number of carbonyl (C=O) groups excluding carboxylic acids is 2. The molecular weight excluding hydrogens is 758 g/mol. The van der Waals surface area contributed by atoms with Gasteiger partial charge in [-0.3, -0.25) is 14.6 Å². The van der Waals surface area contributed by atoms with Gasteiger partial charge in [0, 0.05) is 58.1 Å². The molecule has 5 atom stereocenters. The summed E-state index contributed by atoms with van der Waals surface area (Å²) in [6.07, 6.45) is 6.13. The number of hydrogen-bond donors (Lipinski definition) is 2. The van der Waals surface area contributed by atoms with E-state index in [4.69, 9.17) is 29.7 Å². The van der Waals surface area contributed by atoms with Crippen LogP contribution in [-0.2, 0) is 20.9 Å². The Morgan fingerprint density at radius 1 is 0.915 bits per heavy atom. The number of piperidine rings is 1. The van der Waals surface area contributed by atoms with Crippen molar-refractivity contribution in [2.75, 3.05) is 48.9 Å². The first-order valence-corrected chi connectivity index (χ1v) is 20.1. The number of aryl methyl sites for hydroxylation is 1. The van der Waals surface area contributed by atoms with Gasteiger partial charge >= 0.3 is 0 Å². The molecule has 6 bridgehead atoms. The highest BCUT2D eigenvalue weighted by Crippen LogP contribution is 2.43. The summed E-state index contributed by atoms with van der Waals surface area (Å²) < 4.78 is 23.8. The van der Waals surface area contributed by atoms with E-state index in [-0.39, 0.29) is 41.4 Å². The molecule has 302 valence electrons. The average molecular weight is 800 g/mol. The molecule has 0 spiro atoms. The topological polar surface area (TPSA) is 176 Å². The SMILES string of the molecule is CO[C@H]1CN(C)C(=O)[C@@H]2C[C@@H](CN2c2nc(N3[C@H]4C[C@@H]3C(=O)N(C3CC3)C4)nc3c2cnn3-c2ccc(F)cc2O)Nc2cccc(n2)-c2nccc3nc(C)n(c23)C1. The number of halogens is 1. The van der Waals surface area contributed by atoms with Gasteiger partial charge in [0.25, 0.3) is 0 Å². The first-order chi connectivity index (χ1) is 28.6. The number of piperazine rings is 1. The summed E-state index contributed by atoms with van der Waals surface area (Å²) in [7, 11) is 3.43. The molecule has 2 amide bonds. The van der Waals surface area contributed by atoms with Crippen LogP contribution in [0.1, 0.15) is 31.5 Å². The van der Waals surface area contributed by atoms with Crippen LogP contribution >= 0.6 is 0 Å². The summed E-state index contributed by atoms with van der Waals surface area (Å²) in [5.41, 5.74) is 3.60. The molecule has 1 aromatic carbocycles. The smallest absolute Gasteiger partial charge is 0.245 e. The molecule has 0 radical (unpaired) electrons. The van der Waals surface area contributed by atoms with Crippen molar-refractivity contribution >= 4 is 51.5 Å². The van der Waals surface area contributed by atoms with E-state index in [0.29, 0.717) is 85.1 Å². The molecule has 0 unspecified atom stereocenters. The van der Waals surface area contributed by atoms with Crippen LogP contribution < -0.4 is 15.1 Å². The fourth-order valence-corrected chi connectivity index (χ4v) is 9.51. The number of nitrogens with zero attached hydrogens (tertiary/aromatic N) is 12. The van der Waals surface area contributed by atoms with Crippen LogP contribution in [-0.4, -0.2) is 136 Å². The number of benzene rings is 1. The second kappa shape index (κ2) is 13.3. The minimum atomic E-state index is -0.680. The summed E-state index contributed by atoms with van der Waals surface area (Å²) in [5.74, 6) is 1.25. The predicted octanol–water partition coefficient (Wildman–Crippen LogP) is 3.27. The van der Waals surface area contributed by atoms with E-state index in [1.54, 1.807) is 31.5 Å². The minimum absolute atomic E-state index is 0.0265. The number of ether oxygens (including phenoxy) is 1. The molecule has 12 rings (SSSR count). The monoisotopic (exact) mass is 799 g/mol. The highest BCUT2D eigenvalue weighted by Gasteiger charge is 2.54. The number of aromatic hydroxyl groups is 1. The molecule has 5 aromatic heterocycles. The first kappa shape index (κ1) is 35.7. The Bertz CT molecular complexity index is 2700. The van der Waals surface area contributed by atoms with Crippen LogP contribution in [0.5, 0.6) is 5.75 Å². The second-order valence-corrected chi connectivity index (χ2v) is 16.3. The third kappa shape index (κ3) is 5.74. The molecule has 1 aliphatic carbocycles. The van der Waals surface area contributed by atoms with E-state index >= 15 is 0 Å². The summed E-state index contributed by atoms with van der Waals surface area (Å²) in [4.78, 5) is 61.1. The number of likely N-dealkylation sites (N-methyl/N-ethyl adjacent to an activating group) is 1. The lowest BCUT2D eigenvalue weighted by Gasteiger charge is -2.55. The zero-order valence-corrected chi connectivity index (χ0v) is 32.7. The van der Waals surface area contributed by atoms with Crippen LogP contribution in [0, 0.1) is 12.7 Å². The summed E-state index contributed by atoms with van der Waals surface area (Å²) in [5, 5.41) is 19.7. The molecule has 17 nitrogen and oxygen atoms in total. The van der Waals surface area contributed by atoms with Gasteiger partial charge in [-0.2, -0.15) is 15.1 Å². The zero-order chi connectivity index (χ0) is 40.3. The highest BCUT2D eigenvalue weighted by atomic mass is 19.1. The standard InChI is InChI=1S/C41H42FN13O4/c1-21-45-29-11-12-43-35-28-5-4-6-34(47-28)46-23-14-31(39(57)50(2)19-26(59-3)20-51(21)36(29)35)53(17-23)37-27-16-44-55(30-10-7-22(42)13-33(30)56)38(27)49-41(48-37)54-25-15-32(54)40(58)52(18-25)24-8-9-24/h4-7,10-13,16,23-26,31-32,56H,8-9,14-15,17-20H2,1-3H3,(H,46,47)/t23-,25-,26-,31-,32+/m0/s1. The number of hydrogen-bond acceptors (Lipinski definition) is 13. The quantitative estimate of drug-likeness (QED) is 0.260. The Morgan fingerprint density at radius 3 is 2.58 bits per heavy atom. The van der Waals surface area contributed by atoms with Crippen molar-refractivity contribution in [1.82, 2.24) is 49.1 Å². The molecule has 5 fully saturated rings. The number of phenolic OH excluding ortho intramolecular Hbond substituents is 1. The normalized spacial score (nSPS) is 24.4. The number of fused-ring (bicyclic) bond motifs is 8. The minimum Gasteiger partial charge on any atom is -0.506 e. The van der Waals surface area contributed by atoms with Gasteiger partial charge in [0.1, 0.15) is 52.5 Å². The molecule has 5 aliphatic heterocycles. The van der Waals surface area contributed by atoms with Gasteiger partial charge in [0.15, 0.2) is 5.65 Å². The number of nitrogens with one attached hydrogen (secondary N) is 1. The molecule has 4 saturated heterocycles. The Morgan fingerprint density at radius 2 is 1.78 bits per heavy atom. The van der Waals surface area contributed by atoms with Crippen molar-refractivity contribution < 1.29 is 23.8 Å². The van der Waals surface area contributed by atoms with Gasteiger partial charge in [-0.1, -0.05) is 6.07 Å². The van der Waals surface area contributed by atoms with Gasteiger partial charge in [-0.05, 0) is 62.9 Å². The van der Waals surface area contributed by atoms with Crippen molar-refractivity contribution in [3.05, 3.63) is 66.5 Å². The fraction of sp³-hybridized carbons (Fsp3) is 0.415. The van der Waals surface area contributed by atoms with Gasteiger partial charge < -0.3 is 39.3 Å². The van der Waals surface area contributed by atoms with E-state index < -0.39 is 17.9 Å². The Hall–Kier alpha value is -6.43. The van der Waals surface area contributed by atoms with Crippen LogP contribution in [0.3, 0.4) is 0 Å². The van der Waals surface area contributed by atoms with E-state index in [0.717, 1.165) is 35.8 Å². The van der Waals surface area contributed by atoms with Crippen molar-refractivity contribution in [1.29, 1.82) is 0 Å². The molecule has 1 saturated carbocycles.